The van der Waals surface area contributed by atoms with Gasteiger partial charge in [0.1, 0.15) is 22.6 Å². The zero-order chi connectivity index (χ0) is 20.6. The van der Waals surface area contributed by atoms with Crippen LogP contribution in [0.1, 0.15) is 26.3 Å². The molecule has 1 atom stereocenters. The third kappa shape index (κ3) is 3.74. The highest BCUT2D eigenvalue weighted by Crippen LogP contribution is 2.39. The first-order valence-corrected chi connectivity index (χ1v) is 9.47. The first-order valence-electron chi connectivity index (χ1n) is 8.33. The number of aliphatic hydroxyl groups is 1. The minimum Gasteiger partial charge on any atom is -0.394 e. The van der Waals surface area contributed by atoms with E-state index in [4.69, 9.17) is 34.8 Å². The highest BCUT2D eigenvalue weighted by Gasteiger charge is 2.28. The van der Waals surface area contributed by atoms with E-state index in [1.807, 2.05) is 26.8 Å². The zero-order valence-corrected chi connectivity index (χ0v) is 17.6. The van der Waals surface area contributed by atoms with E-state index in [1.165, 1.54) is 16.9 Å². The molecule has 0 amide bonds. The summed E-state index contributed by atoms with van der Waals surface area (Å²) in [6.45, 7) is 5.81. The van der Waals surface area contributed by atoms with Crippen molar-refractivity contribution in [2.24, 2.45) is 5.41 Å². The van der Waals surface area contributed by atoms with E-state index in [2.05, 4.69) is 20.4 Å². The van der Waals surface area contributed by atoms with Gasteiger partial charge in [-0.1, -0.05) is 55.6 Å². The molecule has 0 aromatic carbocycles. The summed E-state index contributed by atoms with van der Waals surface area (Å²) in [5.41, 5.74) is 1.01. The molecule has 0 saturated heterocycles. The molecule has 10 heteroatoms. The predicted molar refractivity (Wildman–Crippen MR) is 110 cm³/mol. The Balaban J connectivity index is 2.34. The Morgan fingerprint density at radius 2 is 2.00 bits per heavy atom. The summed E-state index contributed by atoms with van der Waals surface area (Å²) < 4.78 is 1.46. The topological polar surface area (TPSA) is 99.1 Å². The normalized spacial score (nSPS) is 12.8. The Morgan fingerprint density at radius 1 is 1.29 bits per heavy atom. The van der Waals surface area contributed by atoms with E-state index < -0.39 is 0 Å². The summed E-state index contributed by atoms with van der Waals surface area (Å²) in [4.78, 5) is 8.61. The van der Waals surface area contributed by atoms with Crippen molar-refractivity contribution in [3.05, 3.63) is 39.2 Å². The Morgan fingerprint density at radius 3 is 2.57 bits per heavy atom. The maximum Gasteiger partial charge on any atom is 0.176 e. The molecule has 7 nitrogen and oxygen atoms in total. The predicted octanol–water partition coefficient (Wildman–Crippen LogP) is 4.44. The SMILES string of the molecule is CC(C)(C)C(CO)Nc1c(-c2ncc(Cl)cc2Cl)c(Cl)nc2c(C#N)cnn12. The van der Waals surface area contributed by atoms with Crippen LogP contribution in [0.25, 0.3) is 16.9 Å². The molecule has 0 spiro atoms. The van der Waals surface area contributed by atoms with Crippen molar-refractivity contribution in [1.29, 1.82) is 5.26 Å². The maximum absolute atomic E-state index is 9.92. The van der Waals surface area contributed by atoms with Crippen molar-refractivity contribution in [2.75, 3.05) is 11.9 Å². The molecule has 0 aliphatic heterocycles. The third-order valence-corrected chi connectivity index (χ3v) is 5.08. The van der Waals surface area contributed by atoms with Gasteiger partial charge in [0.05, 0.1) is 40.1 Å². The van der Waals surface area contributed by atoms with Crippen LogP contribution in [0.4, 0.5) is 5.82 Å². The number of fused-ring (bicyclic) bond motifs is 1. The van der Waals surface area contributed by atoms with Gasteiger partial charge in [0, 0.05) is 6.20 Å². The van der Waals surface area contributed by atoms with E-state index in [1.54, 1.807) is 6.07 Å². The monoisotopic (exact) mass is 438 g/mol. The van der Waals surface area contributed by atoms with Crippen LogP contribution < -0.4 is 5.32 Å². The van der Waals surface area contributed by atoms with Crippen LogP contribution in [0, 0.1) is 16.7 Å². The molecular formula is C18H17Cl3N6O. The molecule has 3 aromatic heterocycles. The Hall–Kier alpha value is -2.11. The molecule has 0 fully saturated rings. The van der Waals surface area contributed by atoms with Crippen molar-refractivity contribution in [3.8, 4) is 17.3 Å². The molecule has 3 heterocycles. The van der Waals surface area contributed by atoms with Crippen molar-refractivity contribution in [1.82, 2.24) is 19.6 Å². The fourth-order valence-electron chi connectivity index (χ4n) is 2.69. The summed E-state index contributed by atoms with van der Waals surface area (Å²) in [5.74, 6) is 0.419. The second-order valence-electron chi connectivity index (χ2n) is 7.26. The van der Waals surface area contributed by atoms with Crippen molar-refractivity contribution in [2.45, 2.75) is 26.8 Å². The Labute approximate surface area is 176 Å². The van der Waals surface area contributed by atoms with Gasteiger partial charge >= 0.3 is 0 Å². The lowest BCUT2D eigenvalue weighted by molar-refractivity contribution is 0.201. The summed E-state index contributed by atoms with van der Waals surface area (Å²) in [5, 5.41) is 27.5. The quantitative estimate of drug-likeness (QED) is 0.583. The molecule has 28 heavy (non-hydrogen) atoms. The number of hydrogen-bond donors (Lipinski definition) is 2. The van der Waals surface area contributed by atoms with Crippen LogP contribution >= 0.6 is 34.8 Å². The molecular weight excluding hydrogens is 423 g/mol. The molecule has 2 N–H and O–H groups in total. The van der Waals surface area contributed by atoms with Crippen molar-refractivity contribution < 1.29 is 5.11 Å². The minimum atomic E-state index is -0.353. The third-order valence-electron chi connectivity index (χ3n) is 4.31. The highest BCUT2D eigenvalue weighted by atomic mass is 35.5. The van der Waals surface area contributed by atoms with Crippen LogP contribution in [0.3, 0.4) is 0 Å². The lowest BCUT2D eigenvalue weighted by Gasteiger charge is -2.31. The van der Waals surface area contributed by atoms with E-state index in [0.29, 0.717) is 22.1 Å². The lowest BCUT2D eigenvalue weighted by Crippen LogP contribution is -2.38. The largest absolute Gasteiger partial charge is 0.394 e. The average molecular weight is 440 g/mol. The van der Waals surface area contributed by atoms with E-state index in [9.17, 15) is 10.4 Å². The standard InChI is InChI=1S/C18H17Cl3N6O/c1-18(2,3)12(8-28)25-17-13(14-11(20)4-10(19)7-23-14)15(21)26-16-9(5-22)6-24-27(16)17/h4,6-7,12,25,28H,8H2,1-3H3. The summed E-state index contributed by atoms with van der Waals surface area (Å²) in [6, 6.07) is 3.23. The number of hydrogen-bond acceptors (Lipinski definition) is 6. The van der Waals surface area contributed by atoms with Gasteiger partial charge in [-0.25, -0.2) is 4.98 Å². The van der Waals surface area contributed by atoms with Crippen LogP contribution in [0.15, 0.2) is 18.5 Å². The van der Waals surface area contributed by atoms with Gasteiger partial charge in [-0.2, -0.15) is 14.9 Å². The Kier molecular flexibility index (Phi) is 5.69. The van der Waals surface area contributed by atoms with Crippen LogP contribution in [0.5, 0.6) is 0 Å². The van der Waals surface area contributed by atoms with Gasteiger partial charge in [-0.15, -0.1) is 0 Å². The number of rotatable bonds is 4. The average Bonchev–Trinajstić information content (AvgIpc) is 3.01. The molecule has 1 unspecified atom stereocenters. The summed E-state index contributed by atoms with van der Waals surface area (Å²) in [7, 11) is 0. The second kappa shape index (κ2) is 7.72. The molecule has 3 rings (SSSR count). The minimum absolute atomic E-state index is 0.0920. The van der Waals surface area contributed by atoms with Crippen molar-refractivity contribution >= 4 is 46.3 Å². The summed E-state index contributed by atoms with van der Waals surface area (Å²) in [6.07, 6.45) is 2.85. The molecule has 0 bridgehead atoms. The number of halogens is 3. The molecule has 3 aromatic rings. The highest BCUT2D eigenvalue weighted by molar-refractivity contribution is 6.37. The van der Waals surface area contributed by atoms with Gasteiger partial charge in [0.2, 0.25) is 0 Å². The number of aromatic nitrogens is 4. The fourth-order valence-corrected chi connectivity index (χ4v) is 3.42. The fraction of sp³-hybridized carbons (Fsp3) is 0.333. The number of anilines is 1. The van der Waals surface area contributed by atoms with Gasteiger partial charge in [-0.05, 0) is 11.5 Å². The van der Waals surface area contributed by atoms with E-state index in [-0.39, 0.29) is 39.5 Å². The van der Waals surface area contributed by atoms with Crippen LogP contribution in [0.2, 0.25) is 15.2 Å². The zero-order valence-electron chi connectivity index (χ0n) is 15.3. The van der Waals surface area contributed by atoms with Crippen molar-refractivity contribution in [3.63, 3.8) is 0 Å². The Bertz CT molecular complexity index is 1080. The number of nitrogens with one attached hydrogen (secondary N) is 1. The number of nitrogens with zero attached hydrogens (tertiary/aromatic N) is 5. The number of pyridine rings is 1. The van der Waals surface area contributed by atoms with Gasteiger partial charge in [-0.3, -0.25) is 4.98 Å². The molecule has 0 aliphatic carbocycles. The second-order valence-corrected chi connectivity index (χ2v) is 8.46. The molecule has 0 aliphatic rings. The first kappa shape index (κ1) is 20.6. The molecule has 0 saturated carbocycles. The maximum atomic E-state index is 9.92. The summed E-state index contributed by atoms with van der Waals surface area (Å²) >= 11 is 18.8. The van der Waals surface area contributed by atoms with E-state index >= 15 is 0 Å². The van der Waals surface area contributed by atoms with E-state index in [0.717, 1.165) is 0 Å². The van der Waals surface area contributed by atoms with Crippen LogP contribution in [-0.2, 0) is 0 Å². The molecule has 0 radical (unpaired) electrons. The molecule has 146 valence electrons. The number of aliphatic hydroxyl groups excluding tert-OH is 1. The van der Waals surface area contributed by atoms with Gasteiger partial charge < -0.3 is 10.4 Å². The first-order chi connectivity index (χ1) is 13.2. The van der Waals surface area contributed by atoms with Gasteiger partial charge in [0.25, 0.3) is 0 Å². The van der Waals surface area contributed by atoms with Crippen LogP contribution in [-0.4, -0.2) is 37.3 Å². The lowest BCUT2D eigenvalue weighted by atomic mass is 9.87. The number of nitriles is 1. The van der Waals surface area contributed by atoms with Gasteiger partial charge in [0.15, 0.2) is 5.65 Å². The smallest absolute Gasteiger partial charge is 0.176 e.